The van der Waals surface area contributed by atoms with Crippen molar-refractivity contribution in [1.82, 2.24) is 10.2 Å². The lowest BCUT2D eigenvalue weighted by molar-refractivity contribution is -0.141. The Morgan fingerprint density at radius 3 is 2.71 bits per heavy atom. The third-order valence-electron chi connectivity index (χ3n) is 4.70. The number of rotatable bonds is 4. The maximum Gasteiger partial charge on any atom is 0.326 e. The van der Waals surface area contributed by atoms with Crippen molar-refractivity contribution in [2.45, 2.75) is 57.6 Å². The third-order valence-corrected chi connectivity index (χ3v) is 4.70. The first kappa shape index (κ1) is 16.1. The normalized spacial score (nSPS) is 33.0. The number of nitrogens with one attached hydrogen (secondary N) is 1. The van der Waals surface area contributed by atoms with Crippen LogP contribution in [0.5, 0.6) is 0 Å². The lowest BCUT2D eigenvalue weighted by atomic mass is 9.81. The van der Waals surface area contributed by atoms with Crippen LogP contribution in [0, 0.1) is 11.8 Å². The fraction of sp³-hybridized carbons (Fsp3) is 0.867. The molecule has 6 heteroatoms. The third kappa shape index (κ3) is 4.33. The molecule has 0 aromatic heterocycles. The van der Waals surface area contributed by atoms with Crippen LogP contribution in [0.15, 0.2) is 0 Å². The average molecular weight is 298 g/mol. The van der Waals surface area contributed by atoms with Gasteiger partial charge in [-0.25, -0.2) is 9.59 Å². The van der Waals surface area contributed by atoms with Crippen LogP contribution in [0.4, 0.5) is 4.79 Å². The SMILES string of the molecule is CC1CCCC(CCNC(=O)N2C[C@H](O)C[C@@H]2C(=O)O)C1. The highest BCUT2D eigenvalue weighted by Gasteiger charge is 2.38. The van der Waals surface area contributed by atoms with E-state index in [9.17, 15) is 14.7 Å². The Balaban J connectivity index is 1.75. The number of aliphatic hydroxyl groups excluding tert-OH is 1. The van der Waals surface area contributed by atoms with Gasteiger partial charge in [0.1, 0.15) is 6.04 Å². The molecule has 0 aromatic carbocycles. The number of carbonyl (C=O) groups is 2. The topological polar surface area (TPSA) is 89.9 Å². The molecule has 0 bridgehead atoms. The number of nitrogens with zero attached hydrogens (tertiary/aromatic N) is 1. The predicted molar refractivity (Wildman–Crippen MR) is 77.9 cm³/mol. The summed E-state index contributed by atoms with van der Waals surface area (Å²) in [5, 5.41) is 21.4. The van der Waals surface area contributed by atoms with Crippen molar-refractivity contribution in [2.75, 3.05) is 13.1 Å². The fourth-order valence-electron chi connectivity index (χ4n) is 3.58. The Hall–Kier alpha value is -1.30. The summed E-state index contributed by atoms with van der Waals surface area (Å²) in [4.78, 5) is 24.4. The fourth-order valence-corrected chi connectivity index (χ4v) is 3.58. The van der Waals surface area contributed by atoms with E-state index in [4.69, 9.17) is 5.11 Å². The molecule has 4 atom stereocenters. The molecule has 0 aromatic rings. The summed E-state index contributed by atoms with van der Waals surface area (Å²) in [6.45, 7) is 2.95. The summed E-state index contributed by atoms with van der Waals surface area (Å²) in [6, 6.07) is -1.28. The Kier molecular flexibility index (Phi) is 5.45. The number of carbonyl (C=O) groups excluding carboxylic acids is 1. The van der Waals surface area contributed by atoms with Crippen LogP contribution in [0.25, 0.3) is 0 Å². The Bertz CT molecular complexity index is 388. The smallest absolute Gasteiger partial charge is 0.326 e. The molecule has 0 spiro atoms. The van der Waals surface area contributed by atoms with Crippen LogP contribution in [0.1, 0.15) is 45.4 Å². The van der Waals surface area contributed by atoms with Crippen molar-refractivity contribution in [3.8, 4) is 0 Å². The number of β-amino-alcohol motifs (C(OH)–C–C–N with tert-alkyl or cyclic N) is 1. The van der Waals surface area contributed by atoms with E-state index in [2.05, 4.69) is 12.2 Å². The monoisotopic (exact) mass is 298 g/mol. The van der Waals surface area contributed by atoms with Gasteiger partial charge in [0.05, 0.1) is 6.10 Å². The molecule has 1 aliphatic carbocycles. The van der Waals surface area contributed by atoms with E-state index < -0.39 is 18.1 Å². The highest BCUT2D eigenvalue weighted by atomic mass is 16.4. The van der Waals surface area contributed by atoms with E-state index in [-0.39, 0.29) is 19.0 Å². The van der Waals surface area contributed by atoms with Gasteiger partial charge in [-0.15, -0.1) is 0 Å². The number of urea groups is 1. The highest BCUT2D eigenvalue weighted by molar-refractivity contribution is 5.83. The van der Waals surface area contributed by atoms with E-state index in [0.29, 0.717) is 12.5 Å². The standard InChI is InChI=1S/C15H26N2O4/c1-10-3-2-4-11(7-10)5-6-16-15(21)17-9-12(18)8-13(17)14(19)20/h10-13,18H,2-9H2,1H3,(H,16,21)(H,19,20)/t10?,11?,12-,13-/m1/s1. The molecule has 1 aliphatic heterocycles. The maximum atomic E-state index is 12.1. The van der Waals surface area contributed by atoms with Gasteiger partial charge in [-0.2, -0.15) is 0 Å². The lowest BCUT2D eigenvalue weighted by Crippen LogP contribution is -2.46. The van der Waals surface area contributed by atoms with Gasteiger partial charge in [0, 0.05) is 19.5 Å². The molecule has 1 saturated carbocycles. The van der Waals surface area contributed by atoms with E-state index in [0.717, 1.165) is 12.3 Å². The van der Waals surface area contributed by atoms with Crippen molar-refractivity contribution in [1.29, 1.82) is 0 Å². The van der Waals surface area contributed by atoms with Crippen molar-refractivity contribution < 1.29 is 19.8 Å². The molecule has 2 fully saturated rings. The number of carboxylic acids is 1. The van der Waals surface area contributed by atoms with Gasteiger partial charge >= 0.3 is 12.0 Å². The second-order valence-electron chi connectivity index (χ2n) is 6.55. The van der Waals surface area contributed by atoms with Crippen LogP contribution in [-0.2, 0) is 4.79 Å². The second-order valence-corrected chi connectivity index (χ2v) is 6.55. The van der Waals surface area contributed by atoms with Crippen LogP contribution in [0.2, 0.25) is 0 Å². The van der Waals surface area contributed by atoms with Gasteiger partial charge in [0.25, 0.3) is 0 Å². The van der Waals surface area contributed by atoms with Crippen molar-refractivity contribution in [2.24, 2.45) is 11.8 Å². The van der Waals surface area contributed by atoms with E-state index in [1.54, 1.807) is 0 Å². The number of hydrogen-bond donors (Lipinski definition) is 3. The summed E-state index contributed by atoms with van der Waals surface area (Å²) in [7, 11) is 0. The van der Waals surface area contributed by atoms with Crippen LogP contribution < -0.4 is 5.32 Å². The molecule has 2 aliphatic rings. The van der Waals surface area contributed by atoms with Gasteiger partial charge in [-0.1, -0.05) is 26.2 Å². The van der Waals surface area contributed by atoms with E-state index in [1.165, 1.54) is 30.6 Å². The predicted octanol–water partition coefficient (Wildman–Crippen LogP) is 1.43. The number of likely N-dealkylation sites (tertiary alicyclic amines) is 1. The molecule has 2 unspecified atom stereocenters. The average Bonchev–Trinajstić information content (AvgIpc) is 2.81. The molecule has 21 heavy (non-hydrogen) atoms. The molecule has 6 nitrogen and oxygen atoms in total. The summed E-state index contributed by atoms with van der Waals surface area (Å²) in [5.74, 6) is 0.376. The largest absolute Gasteiger partial charge is 0.480 e. The minimum atomic E-state index is -1.05. The quantitative estimate of drug-likeness (QED) is 0.732. The lowest BCUT2D eigenvalue weighted by Gasteiger charge is -2.27. The molecule has 0 radical (unpaired) electrons. The summed E-state index contributed by atoms with van der Waals surface area (Å²) >= 11 is 0. The van der Waals surface area contributed by atoms with Crippen LogP contribution in [0.3, 0.4) is 0 Å². The van der Waals surface area contributed by atoms with Crippen molar-refractivity contribution in [3.05, 3.63) is 0 Å². The zero-order valence-corrected chi connectivity index (χ0v) is 12.6. The molecule has 1 heterocycles. The van der Waals surface area contributed by atoms with Gasteiger partial charge < -0.3 is 20.4 Å². The van der Waals surface area contributed by atoms with E-state index in [1.807, 2.05) is 0 Å². The summed E-state index contributed by atoms with van der Waals surface area (Å²) < 4.78 is 0. The number of carboxylic acid groups (broad SMARTS) is 1. The van der Waals surface area contributed by atoms with Gasteiger partial charge in [0.2, 0.25) is 0 Å². The number of aliphatic hydroxyl groups is 1. The minimum Gasteiger partial charge on any atom is -0.480 e. The highest BCUT2D eigenvalue weighted by Crippen LogP contribution is 2.30. The molecule has 3 N–H and O–H groups in total. The molecule has 2 rings (SSSR count). The molecular formula is C15H26N2O4. The first-order valence-corrected chi connectivity index (χ1v) is 7.92. The first-order valence-electron chi connectivity index (χ1n) is 7.92. The first-order chi connectivity index (χ1) is 9.97. The van der Waals surface area contributed by atoms with Crippen LogP contribution in [-0.4, -0.2) is 52.3 Å². The second kappa shape index (κ2) is 7.11. The summed E-state index contributed by atoms with van der Waals surface area (Å²) in [6.07, 6.45) is 5.33. The number of aliphatic carboxylic acids is 1. The number of amides is 2. The van der Waals surface area contributed by atoms with Crippen molar-refractivity contribution >= 4 is 12.0 Å². The molecule has 120 valence electrons. The van der Waals surface area contributed by atoms with Crippen LogP contribution >= 0.6 is 0 Å². The van der Waals surface area contributed by atoms with E-state index >= 15 is 0 Å². The Labute approximate surface area is 125 Å². The summed E-state index contributed by atoms with van der Waals surface area (Å²) in [5.41, 5.74) is 0. The van der Waals surface area contributed by atoms with Gasteiger partial charge in [0.15, 0.2) is 0 Å². The minimum absolute atomic E-state index is 0.100. The zero-order valence-electron chi connectivity index (χ0n) is 12.6. The maximum absolute atomic E-state index is 12.1. The molecule has 2 amide bonds. The van der Waals surface area contributed by atoms with Gasteiger partial charge in [-0.05, 0) is 24.7 Å². The Morgan fingerprint density at radius 2 is 2.05 bits per heavy atom. The molecular weight excluding hydrogens is 272 g/mol. The van der Waals surface area contributed by atoms with Crippen molar-refractivity contribution in [3.63, 3.8) is 0 Å². The number of hydrogen-bond acceptors (Lipinski definition) is 3. The zero-order chi connectivity index (χ0) is 15.4. The Morgan fingerprint density at radius 1 is 1.29 bits per heavy atom. The molecule has 1 saturated heterocycles. The van der Waals surface area contributed by atoms with Gasteiger partial charge in [-0.3, -0.25) is 0 Å².